The second kappa shape index (κ2) is 5.45. The molecule has 0 radical (unpaired) electrons. The minimum absolute atomic E-state index is 0.149. The van der Waals surface area contributed by atoms with Crippen molar-refractivity contribution in [3.05, 3.63) is 57.6 Å². The van der Waals surface area contributed by atoms with E-state index in [0.717, 1.165) is 21.3 Å². The summed E-state index contributed by atoms with van der Waals surface area (Å²) in [6, 6.07) is 11.1. The Bertz CT molecular complexity index is 638. The van der Waals surface area contributed by atoms with Gasteiger partial charge in [-0.2, -0.15) is 0 Å². The average Bonchev–Trinajstić information content (AvgIpc) is 2.39. The zero-order valence-corrected chi connectivity index (χ0v) is 12.4. The van der Waals surface area contributed by atoms with Gasteiger partial charge in [0.25, 0.3) is 5.91 Å². The molecule has 0 saturated heterocycles. The Morgan fingerprint density at radius 1 is 1.16 bits per heavy atom. The number of hydrogen-bond acceptors (Lipinski definition) is 2. The predicted molar refractivity (Wildman–Crippen MR) is 82.4 cm³/mol. The maximum atomic E-state index is 12.3. The SMILES string of the molecule is Cc1ccc(N)c(C)c1NC(=O)c1ccccc1Br. The van der Waals surface area contributed by atoms with Crippen molar-refractivity contribution in [2.24, 2.45) is 0 Å². The number of carbonyl (C=O) groups is 1. The lowest BCUT2D eigenvalue weighted by Gasteiger charge is -2.14. The summed E-state index contributed by atoms with van der Waals surface area (Å²) >= 11 is 3.38. The molecule has 3 nitrogen and oxygen atoms in total. The summed E-state index contributed by atoms with van der Waals surface area (Å²) in [4.78, 5) is 12.3. The first kappa shape index (κ1) is 13.6. The van der Waals surface area contributed by atoms with E-state index < -0.39 is 0 Å². The van der Waals surface area contributed by atoms with Crippen LogP contribution in [0.1, 0.15) is 21.5 Å². The zero-order valence-electron chi connectivity index (χ0n) is 10.8. The lowest BCUT2D eigenvalue weighted by atomic mass is 10.1. The van der Waals surface area contributed by atoms with Gasteiger partial charge in [-0.05, 0) is 59.1 Å². The number of carbonyl (C=O) groups excluding carboxylic acids is 1. The fourth-order valence-electron chi connectivity index (χ4n) is 1.88. The Hall–Kier alpha value is -1.81. The second-order valence-electron chi connectivity index (χ2n) is 4.41. The van der Waals surface area contributed by atoms with Gasteiger partial charge in [-0.3, -0.25) is 4.79 Å². The first-order chi connectivity index (χ1) is 9.00. The third-order valence-electron chi connectivity index (χ3n) is 3.07. The number of hydrogen-bond donors (Lipinski definition) is 2. The summed E-state index contributed by atoms with van der Waals surface area (Å²) in [6.07, 6.45) is 0. The molecule has 0 heterocycles. The first-order valence-corrected chi connectivity index (χ1v) is 6.71. The van der Waals surface area contributed by atoms with Gasteiger partial charge in [0, 0.05) is 15.8 Å². The molecule has 2 aromatic carbocycles. The number of amides is 1. The number of rotatable bonds is 2. The number of halogens is 1. The van der Waals surface area contributed by atoms with Gasteiger partial charge in [0.15, 0.2) is 0 Å². The number of nitrogen functional groups attached to an aromatic ring is 1. The van der Waals surface area contributed by atoms with Crippen molar-refractivity contribution >= 4 is 33.2 Å². The Morgan fingerprint density at radius 3 is 2.53 bits per heavy atom. The van der Waals surface area contributed by atoms with Gasteiger partial charge in [-0.1, -0.05) is 18.2 Å². The van der Waals surface area contributed by atoms with Crippen molar-refractivity contribution in [3.63, 3.8) is 0 Å². The molecule has 2 rings (SSSR count). The summed E-state index contributed by atoms with van der Waals surface area (Å²) < 4.78 is 0.770. The van der Waals surface area contributed by atoms with Gasteiger partial charge in [0.2, 0.25) is 0 Å². The Labute approximate surface area is 121 Å². The number of benzene rings is 2. The van der Waals surface area contributed by atoms with Crippen molar-refractivity contribution in [2.45, 2.75) is 13.8 Å². The highest BCUT2D eigenvalue weighted by molar-refractivity contribution is 9.10. The van der Waals surface area contributed by atoms with Crippen molar-refractivity contribution in [2.75, 3.05) is 11.1 Å². The lowest BCUT2D eigenvalue weighted by molar-refractivity contribution is 0.102. The molecule has 4 heteroatoms. The molecule has 0 aliphatic heterocycles. The monoisotopic (exact) mass is 318 g/mol. The quantitative estimate of drug-likeness (QED) is 0.825. The van der Waals surface area contributed by atoms with E-state index in [0.29, 0.717) is 11.3 Å². The highest BCUT2D eigenvalue weighted by Gasteiger charge is 2.13. The molecule has 0 aromatic heterocycles. The van der Waals surface area contributed by atoms with Gasteiger partial charge in [-0.25, -0.2) is 0 Å². The van der Waals surface area contributed by atoms with Crippen LogP contribution in [0, 0.1) is 13.8 Å². The summed E-state index contributed by atoms with van der Waals surface area (Å²) in [6.45, 7) is 3.85. The van der Waals surface area contributed by atoms with Crippen LogP contribution in [0.25, 0.3) is 0 Å². The van der Waals surface area contributed by atoms with E-state index in [9.17, 15) is 4.79 Å². The van der Waals surface area contributed by atoms with Crippen LogP contribution < -0.4 is 11.1 Å². The number of nitrogens with two attached hydrogens (primary N) is 1. The van der Waals surface area contributed by atoms with E-state index in [1.54, 1.807) is 6.07 Å². The molecular weight excluding hydrogens is 304 g/mol. The highest BCUT2D eigenvalue weighted by Crippen LogP contribution is 2.26. The van der Waals surface area contributed by atoms with Crippen molar-refractivity contribution in [1.82, 2.24) is 0 Å². The fourth-order valence-corrected chi connectivity index (χ4v) is 2.35. The van der Waals surface area contributed by atoms with E-state index in [-0.39, 0.29) is 5.91 Å². The van der Waals surface area contributed by atoms with E-state index in [1.165, 1.54) is 0 Å². The van der Waals surface area contributed by atoms with Crippen LogP contribution in [-0.4, -0.2) is 5.91 Å². The Balaban J connectivity index is 2.35. The molecule has 0 saturated carbocycles. The molecule has 19 heavy (non-hydrogen) atoms. The largest absolute Gasteiger partial charge is 0.398 e. The normalized spacial score (nSPS) is 10.3. The summed E-state index contributed by atoms with van der Waals surface area (Å²) in [5.74, 6) is -0.149. The summed E-state index contributed by atoms with van der Waals surface area (Å²) in [5, 5.41) is 2.93. The molecule has 0 fully saturated rings. The van der Waals surface area contributed by atoms with Crippen molar-refractivity contribution in [1.29, 1.82) is 0 Å². The molecule has 0 unspecified atom stereocenters. The van der Waals surface area contributed by atoms with Crippen LogP contribution in [0.4, 0.5) is 11.4 Å². The summed E-state index contributed by atoms with van der Waals surface area (Å²) in [5.41, 5.74) is 9.81. The molecule has 98 valence electrons. The number of anilines is 2. The van der Waals surface area contributed by atoms with E-state index in [1.807, 2.05) is 44.2 Å². The predicted octanol–water partition coefficient (Wildman–Crippen LogP) is 3.90. The molecule has 0 aliphatic rings. The van der Waals surface area contributed by atoms with Crippen molar-refractivity contribution < 1.29 is 4.79 Å². The van der Waals surface area contributed by atoms with Gasteiger partial charge in [-0.15, -0.1) is 0 Å². The van der Waals surface area contributed by atoms with E-state index in [4.69, 9.17) is 5.73 Å². The van der Waals surface area contributed by atoms with Gasteiger partial charge in [0.05, 0.1) is 5.56 Å². The van der Waals surface area contributed by atoms with E-state index >= 15 is 0 Å². The van der Waals surface area contributed by atoms with Crippen LogP contribution in [-0.2, 0) is 0 Å². The van der Waals surface area contributed by atoms with Crippen LogP contribution >= 0.6 is 15.9 Å². The second-order valence-corrected chi connectivity index (χ2v) is 5.26. The summed E-state index contributed by atoms with van der Waals surface area (Å²) in [7, 11) is 0. The molecule has 2 aromatic rings. The maximum absolute atomic E-state index is 12.3. The fraction of sp³-hybridized carbons (Fsp3) is 0.133. The first-order valence-electron chi connectivity index (χ1n) is 5.92. The van der Waals surface area contributed by atoms with E-state index in [2.05, 4.69) is 21.2 Å². The molecule has 0 spiro atoms. The third kappa shape index (κ3) is 2.79. The molecule has 1 amide bonds. The average molecular weight is 319 g/mol. The zero-order chi connectivity index (χ0) is 14.0. The Morgan fingerprint density at radius 2 is 1.84 bits per heavy atom. The van der Waals surface area contributed by atoms with Gasteiger partial charge in [0.1, 0.15) is 0 Å². The number of aryl methyl sites for hydroxylation is 1. The minimum atomic E-state index is -0.149. The third-order valence-corrected chi connectivity index (χ3v) is 3.76. The van der Waals surface area contributed by atoms with Crippen LogP contribution in [0.15, 0.2) is 40.9 Å². The smallest absolute Gasteiger partial charge is 0.256 e. The van der Waals surface area contributed by atoms with Crippen LogP contribution in [0.5, 0.6) is 0 Å². The molecule has 3 N–H and O–H groups in total. The Kier molecular flexibility index (Phi) is 3.90. The lowest BCUT2D eigenvalue weighted by Crippen LogP contribution is -2.14. The van der Waals surface area contributed by atoms with Crippen LogP contribution in [0.2, 0.25) is 0 Å². The van der Waals surface area contributed by atoms with Crippen LogP contribution in [0.3, 0.4) is 0 Å². The highest BCUT2D eigenvalue weighted by atomic mass is 79.9. The maximum Gasteiger partial charge on any atom is 0.256 e. The molecule has 0 atom stereocenters. The molecular formula is C15H15BrN2O. The van der Waals surface area contributed by atoms with Gasteiger partial charge >= 0.3 is 0 Å². The molecule has 0 aliphatic carbocycles. The molecule has 0 bridgehead atoms. The standard InChI is InChI=1S/C15H15BrN2O/c1-9-7-8-13(17)10(2)14(9)18-15(19)11-5-3-4-6-12(11)16/h3-8H,17H2,1-2H3,(H,18,19). The minimum Gasteiger partial charge on any atom is -0.398 e. The number of nitrogens with one attached hydrogen (secondary N) is 1. The van der Waals surface area contributed by atoms with Gasteiger partial charge < -0.3 is 11.1 Å². The van der Waals surface area contributed by atoms with Crippen molar-refractivity contribution in [3.8, 4) is 0 Å². The topological polar surface area (TPSA) is 55.1 Å².